The maximum Gasteiger partial charge on any atom is 0.424 e. The summed E-state index contributed by atoms with van der Waals surface area (Å²) < 4.78 is 31.0. The molecule has 2 aromatic rings. The van der Waals surface area contributed by atoms with Gasteiger partial charge in [-0.15, -0.1) is 0 Å². The van der Waals surface area contributed by atoms with E-state index >= 15 is 0 Å². The first-order valence-corrected chi connectivity index (χ1v) is 8.28. The predicted octanol–water partition coefficient (Wildman–Crippen LogP) is 3.03. The number of rotatable bonds is 5. The van der Waals surface area contributed by atoms with Gasteiger partial charge < -0.3 is 4.74 Å². The third-order valence-electron chi connectivity index (χ3n) is 2.97. The van der Waals surface area contributed by atoms with Gasteiger partial charge in [-0.2, -0.15) is 4.31 Å². The van der Waals surface area contributed by atoms with Crippen molar-refractivity contribution in [1.82, 2.24) is 4.31 Å². The fraction of sp³-hybridized carbons (Fsp3) is 0.188. The Morgan fingerprint density at radius 2 is 1.55 bits per heavy atom. The molecule has 2 rings (SSSR count). The first kappa shape index (κ1) is 16.0. The zero-order chi connectivity index (χ0) is 16.0. The van der Waals surface area contributed by atoms with Crippen molar-refractivity contribution in [1.29, 1.82) is 0 Å². The van der Waals surface area contributed by atoms with Gasteiger partial charge in [-0.3, -0.25) is 0 Å². The Bertz CT molecular complexity index is 714. The Labute approximate surface area is 130 Å². The molecule has 0 atom stereocenters. The molecule has 0 saturated heterocycles. The molecule has 0 saturated carbocycles. The minimum absolute atomic E-state index is 0.0546. The van der Waals surface area contributed by atoms with Gasteiger partial charge in [0.15, 0.2) is 0 Å². The number of amides is 1. The molecule has 5 nitrogen and oxygen atoms in total. The molecule has 0 fully saturated rings. The van der Waals surface area contributed by atoms with Gasteiger partial charge >= 0.3 is 6.09 Å². The van der Waals surface area contributed by atoms with Crippen molar-refractivity contribution in [2.45, 2.75) is 18.4 Å². The van der Waals surface area contributed by atoms with E-state index in [0.29, 0.717) is 5.56 Å². The lowest BCUT2D eigenvalue weighted by molar-refractivity contribution is 0.129. The van der Waals surface area contributed by atoms with E-state index in [1.165, 1.54) is 12.1 Å². The largest absolute Gasteiger partial charge is 0.449 e. The first-order chi connectivity index (χ1) is 10.6. The highest BCUT2D eigenvalue weighted by atomic mass is 32.2. The summed E-state index contributed by atoms with van der Waals surface area (Å²) in [7, 11) is -3.96. The normalized spacial score (nSPS) is 11.0. The summed E-state index contributed by atoms with van der Waals surface area (Å²) in [6.07, 6.45) is -0.879. The quantitative estimate of drug-likeness (QED) is 0.850. The second-order valence-electron chi connectivity index (χ2n) is 4.51. The molecule has 22 heavy (non-hydrogen) atoms. The van der Waals surface area contributed by atoms with Gasteiger partial charge in [0.05, 0.1) is 18.0 Å². The lowest BCUT2D eigenvalue weighted by Crippen LogP contribution is -2.36. The summed E-state index contributed by atoms with van der Waals surface area (Å²) in [6, 6.07) is 16.7. The Kier molecular flexibility index (Phi) is 5.16. The van der Waals surface area contributed by atoms with Crippen LogP contribution in [0.25, 0.3) is 0 Å². The van der Waals surface area contributed by atoms with Crippen LogP contribution in [0.1, 0.15) is 12.5 Å². The Morgan fingerprint density at radius 3 is 2.09 bits per heavy atom. The average molecular weight is 319 g/mol. The second-order valence-corrected chi connectivity index (χ2v) is 6.37. The molecule has 0 aromatic heterocycles. The van der Waals surface area contributed by atoms with Crippen LogP contribution >= 0.6 is 0 Å². The van der Waals surface area contributed by atoms with Crippen LogP contribution in [-0.4, -0.2) is 25.4 Å². The number of hydrogen-bond donors (Lipinski definition) is 0. The Morgan fingerprint density at radius 1 is 1.00 bits per heavy atom. The van der Waals surface area contributed by atoms with E-state index in [0.717, 1.165) is 4.31 Å². The van der Waals surface area contributed by atoms with E-state index in [1.807, 2.05) is 6.07 Å². The lowest BCUT2D eigenvalue weighted by Gasteiger charge is -2.21. The number of benzene rings is 2. The summed E-state index contributed by atoms with van der Waals surface area (Å²) in [5.41, 5.74) is 0.704. The number of ether oxygens (including phenoxy) is 1. The van der Waals surface area contributed by atoms with E-state index in [-0.39, 0.29) is 18.0 Å². The molecule has 0 aliphatic carbocycles. The van der Waals surface area contributed by atoms with Gasteiger partial charge in [0.2, 0.25) is 0 Å². The zero-order valence-electron chi connectivity index (χ0n) is 12.2. The molecule has 6 heteroatoms. The monoisotopic (exact) mass is 319 g/mol. The van der Waals surface area contributed by atoms with Crippen LogP contribution in [0.4, 0.5) is 4.79 Å². The fourth-order valence-corrected chi connectivity index (χ4v) is 3.24. The molecule has 116 valence electrons. The molecule has 0 unspecified atom stereocenters. The number of sulfonamides is 1. The van der Waals surface area contributed by atoms with Crippen molar-refractivity contribution < 1.29 is 17.9 Å². The highest BCUT2D eigenvalue weighted by molar-refractivity contribution is 7.89. The van der Waals surface area contributed by atoms with Crippen molar-refractivity contribution in [3.05, 3.63) is 66.2 Å². The van der Waals surface area contributed by atoms with Gasteiger partial charge in [0.25, 0.3) is 10.0 Å². The molecule has 0 heterocycles. The molecular weight excluding hydrogens is 302 g/mol. The minimum atomic E-state index is -3.96. The third-order valence-corrected chi connectivity index (χ3v) is 4.70. The van der Waals surface area contributed by atoms with Crippen LogP contribution in [-0.2, 0) is 21.3 Å². The highest BCUT2D eigenvalue weighted by Gasteiger charge is 2.30. The Balaban J connectivity index is 2.38. The molecule has 0 aliphatic rings. The van der Waals surface area contributed by atoms with Gasteiger partial charge in [-0.05, 0) is 24.6 Å². The average Bonchev–Trinajstić information content (AvgIpc) is 2.54. The maximum absolute atomic E-state index is 12.7. The van der Waals surface area contributed by atoms with Crippen molar-refractivity contribution in [2.75, 3.05) is 6.61 Å². The fourth-order valence-electron chi connectivity index (χ4n) is 1.91. The molecule has 0 bridgehead atoms. The van der Waals surface area contributed by atoms with E-state index in [9.17, 15) is 13.2 Å². The molecule has 0 radical (unpaired) electrons. The predicted molar refractivity (Wildman–Crippen MR) is 82.6 cm³/mol. The number of carbonyl (C=O) groups excluding carboxylic acids is 1. The molecular formula is C16H17NO4S. The summed E-state index contributed by atoms with van der Waals surface area (Å²) in [6.45, 7) is 1.67. The first-order valence-electron chi connectivity index (χ1n) is 6.84. The van der Waals surface area contributed by atoms with Gasteiger partial charge in [0, 0.05) is 0 Å². The van der Waals surface area contributed by atoms with E-state index in [4.69, 9.17) is 4.74 Å². The smallest absolute Gasteiger partial charge is 0.424 e. The molecule has 2 aromatic carbocycles. The third kappa shape index (κ3) is 3.65. The number of carbonyl (C=O) groups is 1. The van der Waals surface area contributed by atoms with Crippen LogP contribution < -0.4 is 0 Å². The SMILES string of the molecule is CCOC(=O)N(Cc1ccccc1)S(=O)(=O)c1ccccc1. The van der Waals surface area contributed by atoms with E-state index in [1.54, 1.807) is 49.4 Å². The van der Waals surface area contributed by atoms with Gasteiger partial charge in [-0.25, -0.2) is 13.2 Å². The standard InChI is InChI=1S/C16H17NO4S/c1-2-21-16(18)17(13-14-9-5-3-6-10-14)22(19,20)15-11-7-4-8-12-15/h3-12H,2,13H2,1H3. The van der Waals surface area contributed by atoms with Gasteiger partial charge in [0.1, 0.15) is 0 Å². The van der Waals surface area contributed by atoms with Crippen LogP contribution in [0, 0.1) is 0 Å². The van der Waals surface area contributed by atoms with Crippen molar-refractivity contribution >= 4 is 16.1 Å². The summed E-state index contributed by atoms with van der Waals surface area (Å²) in [5.74, 6) is 0. The summed E-state index contributed by atoms with van der Waals surface area (Å²) >= 11 is 0. The van der Waals surface area contributed by atoms with E-state index in [2.05, 4.69) is 0 Å². The summed E-state index contributed by atoms with van der Waals surface area (Å²) in [4.78, 5) is 12.1. The van der Waals surface area contributed by atoms with Crippen molar-refractivity contribution in [2.24, 2.45) is 0 Å². The molecule has 0 N–H and O–H groups in total. The Hall–Kier alpha value is -2.34. The zero-order valence-corrected chi connectivity index (χ0v) is 13.0. The van der Waals surface area contributed by atoms with Crippen LogP contribution in [0.2, 0.25) is 0 Å². The highest BCUT2D eigenvalue weighted by Crippen LogP contribution is 2.19. The van der Waals surface area contributed by atoms with Crippen LogP contribution in [0.3, 0.4) is 0 Å². The van der Waals surface area contributed by atoms with Crippen molar-refractivity contribution in [3.63, 3.8) is 0 Å². The van der Waals surface area contributed by atoms with Crippen LogP contribution in [0.15, 0.2) is 65.6 Å². The second kappa shape index (κ2) is 7.09. The number of hydrogen-bond acceptors (Lipinski definition) is 4. The number of nitrogens with zero attached hydrogens (tertiary/aromatic N) is 1. The molecule has 1 amide bonds. The molecule has 0 aliphatic heterocycles. The molecule has 0 spiro atoms. The minimum Gasteiger partial charge on any atom is -0.449 e. The van der Waals surface area contributed by atoms with E-state index < -0.39 is 16.1 Å². The maximum atomic E-state index is 12.7. The van der Waals surface area contributed by atoms with Crippen molar-refractivity contribution in [3.8, 4) is 0 Å². The van der Waals surface area contributed by atoms with Crippen LogP contribution in [0.5, 0.6) is 0 Å². The lowest BCUT2D eigenvalue weighted by atomic mass is 10.2. The summed E-state index contributed by atoms with van der Waals surface area (Å²) in [5, 5.41) is 0. The topological polar surface area (TPSA) is 63.7 Å². The van der Waals surface area contributed by atoms with Gasteiger partial charge in [-0.1, -0.05) is 48.5 Å².